The van der Waals surface area contributed by atoms with Crippen LogP contribution in [-0.2, 0) is 10.8 Å². The van der Waals surface area contributed by atoms with E-state index in [1.165, 1.54) is 39.3 Å². The van der Waals surface area contributed by atoms with Gasteiger partial charge in [0.15, 0.2) is 0 Å². The number of hydrogen-bond acceptors (Lipinski definition) is 2. The van der Waals surface area contributed by atoms with E-state index in [4.69, 9.17) is 0 Å². The Kier molecular flexibility index (Phi) is 4.37. The van der Waals surface area contributed by atoms with E-state index in [2.05, 4.69) is 46.8 Å². The number of hydrogen-bond donors (Lipinski definition) is 0. The average Bonchev–Trinajstić information content (AvgIpc) is 2.54. The summed E-state index contributed by atoms with van der Waals surface area (Å²) in [4.78, 5) is 13.3. The van der Waals surface area contributed by atoms with E-state index in [0.29, 0.717) is 0 Å². The van der Waals surface area contributed by atoms with Gasteiger partial charge in [0.25, 0.3) is 0 Å². The van der Waals surface area contributed by atoms with Gasteiger partial charge in [-0.2, -0.15) is 0 Å². The molecule has 0 aliphatic heterocycles. The zero-order valence-corrected chi connectivity index (χ0v) is 16.1. The lowest BCUT2D eigenvalue weighted by molar-refractivity contribution is 0.112. The molecule has 0 saturated carbocycles. The van der Waals surface area contributed by atoms with Gasteiger partial charge in [-0.25, -0.2) is 0 Å². The maximum Gasteiger partial charge on any atom is 0.150 e. The number of fused-ring (bicyclic) bond motifs is 1. The highest BCUT2D eigenvalue weighted by molar-refractivity contribution is 7.99. The minimum absolute atomic E-state index is 0.231. The van der Waals surface area contributed by atoms with Crippen LogP contribution in [0.1, 0.15) is 67.6 Å². The van der Waals surface area contributed by atoms with Crippen molar-refractivity contribution in [1.82, 2.24) is 0 Å². The van der Waals surface area contributed by atoms with E-state index in [0.717, 1.165) is 11.8 Å². The second-order valence-corrected chi connectivity index (χ2v) is 9.34. The fourth-order valence-corrected chi connectivity index (χ4v) is 4.48. The molecule has 0 fully saturated rings. The van der Waals surface area contributed by atoms with Gasteiger partial charge in [-0.1, -0.05) is 57.7 Å². The summed E-state index contributed by atoms with van der Waals surface area (Å²) in [6, 6.07) is 12.6. The van der Waals surface area contributed by atoms with Crippen LogP contribution in [0.2, 0.25) is 0 Å². The Morgan fingerprint density at radius 3 is 2.00 bits per heavy atom. The summed E-state index contributed by atoms with van der Waals surface area (Å²) in [5.74, 6) is 0. The smallest absolute Gasteiger partial charge is 0.150 e. The molecule has 0 aromatic heterocycles. The molecule has 2 aromatic carbocycles. The second-order valence-electron chi connectivity index (χ2n) is 8.22. The van der Waals surface area contributed by atoms with Crippen LogP contribution in [0.4, 0.5) is 0 Å². The van der Waals surface area contributed by atoms with Gasteiger partial charge in [0.05, 0.1) is 0 Å². The van der Waals surface area contributed by atoms with Gasteiger partial charge in [0.1, 0.15) is 6.29 Å². The lowest BCUT2D eigenvalue weighted by Crippen LogP contribution is -2.34. The van der Waals surface area contributed by atoms with E-state index in [1.807, 2.05) is 24.3 Å². The summed E-state index contributed by atoms with van der Waals surface area (Å²) in [6.07, 6.45) is 3.36. The van der Waals surface area contributed by atoms with Gasteiger partial charge in [0, 0.05) is 15.4 Å². The predicted molar refractivity (Wildman–Crippen MR) is 102 cm³/mol. The Morgan fingerprint density at radius 2 is 1.46 bits per heavy atom. The van der Waals surface area contributed by atoms with Crippen LogP contribution < -0.4 is 0 Å². The molecule has 0 unspecified atom stereocenters. The SMILES string of the molecule is Cc1cc2c(cc1Sc1ccc(C=O)cc1)C(C)(C)CCC2(C)C. The molecule has 0 spiro atoms. The third-order valence-corrected chi connectivity index (χ3v) is 6.56. The number of aryl methyl sites for hydroxylation is 1. The summed E-state index contributed by atoms with van der Waals surface area (Å²) in [7, 11) is 0. The maximum absolute atomic E-state index is 10.8. The van der Waals surface area contributed by atoms with Gasteiger partial charge >= 0.3 is 0 Å². The maximum atomic E-state index is 10.8. The standard InChI is InChI=1S/C22H26OS/c1-15-12-18-19(22(4,5)11-10-21(18,2)3)13-20(15)24-17-8-6-16(14-23)7-9-17/h6-9,12-14H,10-11H2,1-5H3. The molecule has 1 aliphatic rings. The second kappa shape index (κ2) is 6.07. The first-order valence-electron chi connectivity index (χ1n) is 8.62. The number of carbonyl (C=O) groups excluding carboxylic acids is 1. The first kappa shape index (κ1) is 17.3. The average molecular weight is 339 g/mol. The van der Waals surface area contributed by atoms with Crippen molar-refractivity contribution in [1.29, 1.82) is 0 Å². The molecule has 0 heterocycles. The summed E-state index contributed by atoms with van der Waals surface area (Å²) in [5.41, 5.74) is 5.56. The van der Waals surface area contributed by atoms with Gasteiger partial charge in [-0.15, -0.1) is 0 Å². The molecule has 1 aliphatic carbocycles. The van der Waals surface area contributed by atoms with Crippen molar-refractivity contribution in [2.24, 2.45) is 0 Å². The molecule has 1 nitrogen and oxygen atoms in total. The molecule has 24 heavy (non-hydrogen) atoms. The van der Waals surface area contributed by atoms with Crippen molar-refractivity contribution in [3.8, 4) is 0 Å². The molecule has 126 valence electrons. The van der Waals surface area contributed by atoms with E-state index in [9.17, 15) is 4.79 Å². The summed E-state index contributed by atoms with van der Waals surface area (Å²) >= 11 is 1.79. The molecule has 3 rings (SSSR count). The van der Waals surface area contributed by atoms with Crippen LogP contribution in [0.5, 0.6) is 0 Å². The van der Waals surface area contributed by atoms with E-state index >= 15 is 0 Å². The topological polar surface area (TPSA) is 17.1 Å². The fourth-order valence-electron chi connectivity index (χ4n) is 3.55. The predicted octanol–water partition coefficient (Wildman–Crippen LogP) is 6.31. The van der Waals surface area contributed by atoms with E-state index in [-0.39, 0.29) is 10.8 Å². The lowest BCUT2D eigenvalue weighted by atomic mass is 9.63. The highest BCUT2D eigenvalue weighted by atomic mass is 32.2. The zero-order chi connectivity index (χ0) is 17.5. The van der Waals surface area contributed by atoms with Gasteiger partial charge < -0.3 is 0 Å². The van der Waals surface area contributed by atoms with Crippen molar-refractivity contribution >= 4 is 18.0 Å². The van der Waals surface area contributed by atoms with E-state index < -0.39 is 0 Å². The highest BCUT2D eigenvalue weighted by Crippen LogP contribution is 2.48. The Labute approximate surface area is 149 Å². The Balaban J connectivity index is 2.02. The summed E-state index contributed by atoms with van der Waals surface area (Å²) in [5, 5.41) is 0. The summed E-state index contributed by atoms with van der Waals surface area (Å²) in [6.45, 7) is 11.7. The van der Waals surface area contributed by atoms with Crippen LogP contribution in [0.25, 0.3) is 0 Å². The lowest BCUT2D eigenvalue weighted by Gasteiger charge is -2.42. The molecule has 0 radical (unpaired) electrons. The van der Waals surface area contributed by atoms with Crippen LogP contribution in [0.15, 0.2) is 46.2 Å². The van der Waals surface area contributed by atoms with Crippen LogP contribution in [-0.4, -0.2) is 6.29 Å². The molecule has 0 N–H and O–H groups in total. The van der Waals surface area contributed by atoms with Crippen molar-refractivity contribution in [3.63, 3.8) is 0 Å². The molecule has 0 atom stereocenters. The highest BCUT2D eigenvalue weighted by Gasteiger charge is 2.37. The minimum Gasteiger partial charge on any atom is -0.298 e. The van der Waals surface area contributed by atoms with Crippen molar-refractivity contribution in [2.45, 2.75) is 68.1 Å². The Bertz CT molecular complexity index is 769. The number of rotatable bonds is 3. The molecule has 2 aromatic rings. The van der Waals surface area contributed by atoms with Crippen LogP contribution in [0.3, 0.4) is 0 Å². The first-order chi connectivity index (χ1) is 11.2. The summed E-state index contributed by atoms with van der Waals surface area (Å²) < 4.78 is 0. The minimum atomic E-state index is 0.231. The van der Waals surface area contributed by atoms with Gasteiger partial charge in [0.2, 0.25) is 0 Å². The Hall–Kier alpha value is -1.54. The molecule has 0 saturated heterocycles. The molecular weight excluding hydrogens is 312 g/mol. The molecule has 0 bridgehead atoms. The number of benzene rings is 2. The quantitative estimate of drug-likeness (QED) is 0.610. The van der Waals surface area contributed by atoms with Crippen molar-refractivity contribution in [3.05, 3.63) is 58.7 Å². The third-order valence-electron chi connectivity index (χ3n) is 5.39. The largest absolute Gasteiger partial charge is 0.298 e. The Morgan fingerprint density at radius 1 is 0.917 bits per heavy atom. The fraction of sp³-hybridized carbons (Fsp3) is 0.409. The molecule has 0 amide bonds. The number of aldehydes is 1. The molecule has 2 heteroatoms. The van der Waals surface area contributed by atoms with Crippen LogP contribution in [0, 0.1) is 6.92 Å². The van der Waals surface area contributed by atoms with Gasteiger partial charge in [-0.05, 0) is 65.5 Å². The normalized spacial score (nSPS) is 18.0. The van der Waals surface area contributed by atoms with E-state index in [1.54, 1.807) is 11.8 Å². The van der Waals surface area contributed by atoms with Crippen LogP contribution >= 0.6 is 11.8 Å². The van der Waals surface area contributed by atoms with Gasteiger partial charge in [-0.3, -0.25) is 4.79 Å². The molecular formula is C22H26OS. The first-order valence-corrected chi connectivity index (χ1v) is 9.43. The van der Waals surface area contributed by atoms with Crippen molar-refractivity contribution in [2.75, 3.05) is 0 Å². The number of carbonyl (C=O) groups is 1. The van der Waals surface area contributed by atoms with Crippen molar-refractivity contribution < 1.29 is 4.79 Å². The monoisotopic (exact) mass is 338 g/mol. The third kappa shape index (κ3) is 3.17. The zero-order valence-electron chi connectivity index (χ0n) is 15.3.